The van der Waals surface area contributed by atoms with Crippen LogP contribution in [0, 0.1) is 22.7 Å². The molecule has 1 amide bonds. The number of piperazine rings is 1. The van der Waals surface area contributed by atoms with Crippen LogP contribution in [0.3, 0.4) is 0 Å². The maximum Gasteiger partial charge on any atom is 0.241 e. The van der Waals surface area contributed by atoms with E-state index in [0.717, 1.165) is 26.2 Å². The Morgan fingerprint density at radius 2 is 1.86 bits per heavy atom. The van der Waals surface area contributed by atoms with Gasteiger partial charge in [0, 0.05) is 31.9 Å². The first kappa shape index (κ1) is 14.8. The van der Waals surface area contributed by atoms with Gasteiger partial charge in [0.1, 0.15) is 12.1 Å². The molecule has 1 saturated heterocycles. The molecule has 1 heterocycles. The SMILES string of the molecule is CN1CCN(C(=O)CNc2ccc(C#N)c(C#N)c2)CC1. The van der Waals surface area contributed by atoms with Gasteiger partial charge in [-0.05, 0) is 25.2 Å². The van der Waals surface area contributed by atoms with Crippen molar-refractivity contribution in [1.82, 2.24) is 9.80 Å². The first-order valence-electron chi connectivity index (χ1n) is 6.78. The standard InChI is InChI=1S/C15H17N5O/c1-19-4-6-20(7-5-19)15(21)11-18-14-3-2-12(9-16)13(8-14)10-17/h2-3,8,18H,4-7,11H2,1H3. The summed E-state index contributed by atoms with van der Waals surface area (Å²) in [6, 6.07) is 8.83. The molecule has 0 atom stereocenters. The monoisotopic (exact) mass is 283 g/mol. The average molecular weight is 283 g/mol. The molecule has 2 rings (SSSR count). The van der Waals surface area contributed by atoms with Crippen molar-refractivity contribution in [3.05, 3.63) is 29.3 Å². The number of nitriles is 2. The van der Waals surface area contributed by atoms with Gasteiger partial charge < -0.3 is 15.1 Å². The van der Waals surface area contributed by atoms with Crippen LogP contribution in [0.1, 0.15) is 11.1 Å². The van der Waals surface area contributed by atoms with E-state index in [1.165, 1.54) is 0 Å². The molecule has 0 saturated carbocycles. The number of likely N-dealkylation sites (N-methyl/N-ethyl adjacent to an activating group) is 1. The second-order valence-corrected chi connectivity index (χ2v) is 5.02. The molecule has 0 radical (unpaired) electrons. The highest BCUT2D eigenvalue weighted by atomic mass is 16.2. The summed E-state index contributed by atoms with van der Waals surface area (Å²) in [6.07, 6.45) is 0. The summed E-state index contributed by atoms with van der Waals surface area (Å²) in [7, 11) is 2.04. The van der Waals surface area contributed by atoms with E-state index in [2.05, 4.69) is 10.2 Å². The Bertz CT molecular complexity index is 605. The molecule has 1 aromatic rings. The van der Waals surface area contributed by atoms with Gasteiger partial charge in [-0.1, -0.05) is 0 Å². The summed E-state index contributed by atoms with van der Waals surface area (Å²) in [5.74, 6) is 0.0472. The lowest BCUT2D eigenvalue weighted by Gasteiger charge is -2.32. The zero-order valence-electron chi connectivity index (χ0n) is 12.0. The van der Waals surface area contributed by atoms with E-state index in [1.807, 2.05) is 24.1 Å². The lowest BCUT2D eigenvalue weighted by Crippen LogP contribution is -2.48. The summed E-state index contributed by atoms with van der Waals surface area (Å²) in [5.41, 5.74) is 1.33. The van der Waals surface area contributed by atoms with Crippen molar-refractivity contribution < 1.29 is 4.79 Å². The van der Waals surface area contributed by atoms with Gasteiger partial charge in [-0.2, -0.15) is 10.5 Å². The summed E-state index contributed by atoms with van der Waals surface area (Å²) >= 11 is 0. The topological polar surface area (TPSA) is 83.2 Å². The molecule has 1 aliphatic rings. The van der Waals surface area contributed by atoms with Gasteiger partial charge >= 0.3 is 0 Å². The molecule has 1 aromatic carbocycles. The molecule has 21 heavy (non-hydrogen) atoms. The molecule has 0 bridgehead atoms. The van der Waals surface area contributed by atoms with Crippen LogP contribution < -0.4 is 5.32 Å². The van der Waals surface area contributed by atoms with Crippen LogP contribution in [0.5, 0.6) is 0 Å². The normalized spacial score (nSPS) is 15.1. The third kappa shape index (κ3) is 3.71. The highest BCUT2D eigenvalue weighted by Crippen LogP contribution is 2.14. The summed E-state index contributed by atoms with van der Waals surface area (Å²) < 4.78 is 0. The third-order valence-electron chi connectivity index (χ3n) is 3.56. The lowest BCUT2D eigenvalue weighted by molar-refractivity contribution is -0.130. The fourth-order valence-corrected chi connectivity index (χ4v) is 2.19. The molecule has 0 unspecified atom stereocenters. The first-order valence-corrected chi connectivity index (χ1v) is 6.78. The maximum atomic E-state index is 12.1. The van der Waals surface area contributed by atoms with E-state index in [-0.39, 0.29) is 12.5 Å². The van der Waals surface area contributed by atoms with E-state index < -0.39 is 0 Å². The van der Waals surface area contributed by atoms with E-state index in [9.17, 15) is 4.79 Å². The van der Waals surface area contributed by atoms with Gasteiger partial charge in [-0.25, -0.2) is 0 Å². The highest BCUT2D eigenvalue weighted by Gasteiger charge is 2.18. The van der Waals surface area contributed by atoms with Crippen molar-refractivity contribution >= 4 is 11.6 Å². The fraction of sp³-hybridized carbons (Fsp3) is 0.400. The number of anilines is 1. The number of benzene rings is 1. The molecule has 6 heteroatoms. The van der Waals surface area contributed by atoms with Crippen LogP contribution in [-0.4, -0.2) is 55.5 Å². The quantitative estimate of drug-likeness (QED) is 0.879. The van der Waals surface area contributed by atoms with Gasteiger partial charge in [0.05, 0.1) is 17.7 Å². The predicted molar refractivity (Wildman–Crippen MR) is 78.4 cm³/mol. The second-order valence-electron chi connectivity index (χ2n) is 5.02. The predicted octanol–water partition coefficient (Wildman–Crippen LogP) is 0.616. The number of amides is 1. The van der Waals surface area contributed by atoms with Crippen LogP contribution in [-0.2, 0) is 4.79 Å². The Morgan fingerprint density at radius 3 is 2.48 bits per heavy atom. The van der Waals surface area contributed by atoms with Crippen molar-refractivity contribution in [2.24, 2.45) is 0 Å². The zero-order chi connectivity index (χ0) is 15.2. The largest absolute Gasteiger partial charge is 0.376 e. The van der Waals surface area contributed by atoms with Gasteiger partial charge in [-0.15, -0.1) is 0 Å². The number of hydrogen-bond donors (Lipinski definition) is 1. The van der Waals surface area contributed by atoms with Crippen molar-refractivity contribution in [3.63, 3.8) is 0 Å². The highest BCUT2D eigenvalue weighted by molar-refractivity contribution is 5.81. The molecule has 0 aliphatic carbocycles. The Labute approximate surface area is 124 Å². The van der Waals surface area contributed by atoms with Gasteiger partial charge in [0.2, 0.25) is 5.91 Å². The van der Waals surface area contributed by atoms with Crippen molar-refractivity contribution in [1.29, 1.82) is 10.5 Å². The number of rotatable bonds is 3. The molecule has 1 aliphatic heterocycles. The Hall–Kier alpha value is -2.57. The van der Waals surface area contributed by atoms with Crippen LogP contribution in [0.25, 0.3) is 0 Å². The number of nitrogens with one attached hydrogen (secondary N) is 1. The minimum atomic E-state index is 0.0472. The van der Waals surface area contributed by atoms with Gasteiger partial charge in [-0.3, -0.25) is 4.79 Å². The first-order chi connectivity index (χ1) is 10.1. The van der Waals surface area contributed by atoms with Crippen molar-refractivity contribution in [2.75, 3.05) is 45.1 Å². The van der Waals surface area contributed by atoms with Gasteiger partial charge in [0.15, 0.2) is 0 Å². The summed E-state index contributed by atoms with van der Waals surface area (Å²) in [6.45, 7) is 3.46. The lowest BCUT2D eigenvalue weighted by atomic mass is 10.1. The van der Waals surface area contributed by atoms with E-state index in [4.69, 9.17) is 10.5 Å². The number of hydrogen-bond acceptors (Lipinski definition) is 5. The molecule has 0 spiro atoms. The third-order valence-corrected chi connectivity index (χ3v) is 3.56. The molecular formula is C15H17N5O. The van der Waals surface area contributed by atoms with E-state index in [1.54, 1.807) is 18.2 Å². The van der Waals surface area contributed by atoms with Crippen LogP contribution in [0.2, 0.25) is 0 Å². The number of nitrogens with zero attached hydrogens (tertiary/aromatic N) is 4. The van der Waals surface area contributed by atoms with Crippen molar-refractivity contribution in [3.8, 4) is 12.1 Å². The Balaban J connectivity index is 1.93. The molecule has 0 aromatic heterocycles. The molecule has 1 fully saturated rings. The molecule has 1 N–H and O–H groups in total. The smallest absolute Gasteiger partial charge is 0.241 e. The number of carbonyl (C=O) groups is 1. The van der Waals surface area contributed by atoms with Gasteiger partial charge in [0.25, 0.3) is 0 Å². The number of carbonyl (C=O) groups excluding carboxylic acids is 1. The Morgan fingerprint density at radius 1 is 1.19 bits per heavy atom. The van der Waals surface area contributed by atoms with Crippen LogP contribution >= 0.6 is 0 Å². The zero-order valence-corrected chi connectivity index (χ0v) is 12.0. The Kier molecular flexibility index (Phi) is 4.76. The average Bonchev–Trinajstić information content (AvgIpc) is 2.52. The van der Waals surface area contributed by atoms with Crippen LogP contribution in [0.15, 0.2) is 18.2 Å². The van der Waals surface area contributed by atoms with E-state index in [0.29, 0.717) is 16.8 Å². The second kappa shape index (κ2) is 6.74. The minimum Gasteiger partial charge on any atom is -0.376 e. The molecule has 6 nitrogen and oxygen atoms in total. The van der Waals surface area contributed by atoms with Crippen LogP contribution in [0.4, 0.5) is 5.69 Å². The van der Waals surface area contributed by atoms with Crippen molar-refractivity contribution in [2.45, 2.75) is 0 Å². The fourth-order valence-electron chi connectivity index (χ4n) is 2.19. The minimum absolute atomic E-state index is 0.0472. The molecular weight excluding hydrogens is 266 g/mol. The maximum absolute atomic E-state index is 12.1. The molecule has 108 valence electrons. The van der Waals surface area contributed by atoms with E-state index >= 15 is 0 Å². The summed E-state index contributed by atoms with van der Waals surface area (Å²) in [4.78, 5) is 16.1. The summed E-state index contributed by atoms with van der Waals surface area (Å²) in [5, 5.41) is 20.8.